The summed E-state index contributed by atoms with van der Waals surface area (Å²) in [5, 5.41) is 5.84. The molecule has 1 aliphatic rings. The number of aromatic amines is 1. The predicted octanol–water partition coefficient (Wildman–Crippen LogP) is 2.48. The van der Waals surface area contributed by atoms with Crippen LogP contribution in [0.15, 0.2) is 30.3 Å². The molecule has 1 aromatic heterocycles. The normalized spacial score (nSPS) is 15.7. The van der Waals surface area contributed by atoms with Crippen LogP contribution >= 0.6 is 0 Å². The molecule has 3 amide bonds. The summed E-state index contributed by atoms with van der Waals surface area (Å²) in [6, 6.07) is 8.65. The first-order valence-electron chi connectivity index (χ1n) is 8.43. The fraction of sp³-hybridized carbons (Fsp3) is 0.389. The van der Waals surface area contributed by atoms with Crippen LogP contribution < -0.4 is 10.6 Å². The molecule has 7 heteroatoms. The van der Waals surface area contributed by atoms with Crippen LogP contribution in [-0.4, -0.2) is 35.0 Å². The number of fused-ring (bicyclic) bond motifs is 1. The molecule has 1 fully saturated rings. The second-order valence-electron chi connectivity index (χ2n) is 6.26. The lowest BCUT2D eigenvalue weighted by molar-refractivity contribution is -0.127. The molecule has 3 rings (SSSR count). The van der Waals surface area contributed by atoms with Gasteiger partial charge in [0.1, 0.15) is 5.69 Å². The summed E-state index contributed by atoms with van der Waals surface area (Å²) in [6.45, 7) is 1.43. The molecule has 0 bridgehead atoms. The first-order chi connectivity index (χ1) is 12.0. The van der Waals surface area contributed by atoms with Gasteiger partial charge in [0.05, 0.1) is 0 Å². The Morgan fingerprint density at radius 3 is 2.64 bits per heavy atom. The monoisotopic (exact) mass is 343 g/mol. The molecular weight excluding hydrogens is 322 g/mol. The largest absolute Gasteiger partial charge is 0.448 e. The number of H-pyrrole nitrogens is 1. The van der Waals surface area contributed by atoms with Crippen LogP contribution in [0.3, 0.4) is 0 Å². The fourth-order valence-electron chi connectivity index (χ4n) is 2.97. The van der Waals surface area contributed by atoms with Crippen LogP contribution in [0.2, 0.25) is 0 Å². The Hall–Kier alpha value is -2.83. The van der Waals surface area contributed by atoms with E-state index in [-0.39, 0.29) is 11.7 Å². The highest BCUT2D eigenvalue weighted by atomic mass is 16.5. The molecule has 132 valence electrons. The topological polar surface area (TPSA) is 100 Å². The van der Waals surface area contributed by atoms with Crippen molar-refractivity contribution in [1.82, 2.24) is 15.6 Å². The van der Waals surface area contributed by atoms with Crippen molar-refractivity contribution in [2.45, 2.75) is 44.8 Å². The van der Waals surface area contributed by atoms with E-state index in [9.17, 15) is 14.4 Å². The maximum atomic E-state index is 12.2. The van der Waals surface area contributed by atoms with E-state index in [1.807, 2.05) is 24.3 Å². The second-order valence-corrected chi connectivity index (χ2v) is 6.26. The number of carbonyl (C=O) groups is 3. The quantitative estimate of drug-likeness (QED) is 0.743. The maximum Gasteiger partial charge on any atom is 0.355 e. The highest BCUT2D eigenvalue weighted by Crippen LogP contribution is 2.17. The molecular formula is C18H21N3O4. The Labute approximate surface area is 145 Å². The molecule has 7 nitrogen and oxygen atoms in total. The third-order valence-corrected chi connectivity index (χ3v) is 4.33. The van der Waals surface area contributed by atoms with Gasteiger partial charge in [-0.2, -0.15) is 0 Å². The summed E-state index contributed by atoms with van der Waals surface area (Å²) < 4.78 is 5.14. The number of nitrogens with one attached hydrogen (secondary N) is 3. The number of esters is 1. The number of benzene rings is 1. The molecule has 25 heavy (non-hydrogen) atoms. The van der Waals surface area contributed by atoms with Crippen LogP contribution in [-0.2, 0) is 9.53 Å². The zero-order chi connectivity index (χ0) is 17.8. The summed E-state index contributed by atoms with van der Waals surface area (Å²) >= 11 is 0. The SMILES string of the molecule is C[C@H](OC(=O)c1cc2ccccc2[nH]1)C(=O)NC(=O)NC1CCCC1. The van der Waals surface area contributed by atoms with E-state index >= 15 is 0 Å². The van der Waals surface area contributed by atoms with Gasteiger partial charge in [0.25, 0.3) is 5.91 Å². The van der Waals surface area contributed by atoms with Crippen molar-refractivity contribution >= 4 is 28.8 Å². The first-order valence-corrected chi connectivity index (χ1v) is 8.43. The van der Waals surface area contributed by atoms with Gasteiger partial charge in [-0.15, -0.1) is 0 Å². The zero-order valence-electron chi connectivity index (χ0n) is 14.0. The number of rotatable bonds is 4. The van der Waals surface area contributed by atoms with Gasteiger partial charge < -0.3 is 15.0 Å². The Balaban J connectivity index is 1.53. The number of amides is 3. The van der Waals surface area contributed by atoms with Crippen molar-refractivity contribution in [2.75, 3.05) is 0 Å². The highest BCUT2D eigenvalue weighted by molar-refractivity contribution is 5.99. The predicted molar refractivity (Wildman–Crippen MR) is 92.1 cm³/mol. The molecule has 1 saturated carbocycles. The van der Waals surface area contributed by atoms with E-state index in [0.717, 1.165) is 36.6 Å². The van der Waals surface area contributed by atoms with Crippen LogP contribution in [0, 0.1) is 0 Å². The Morgan fingerprint density at radius 1 is 1.20 bits per heavy atom. The number of ether oxygens (including phenoxy) is 1. The van der Waals surface area contributed by atoms with Crippen molar-refractivity contribution in [2.24, 2.45) is 0 Å². The van der Waals surface area contributed by atoms with Crippen molar-refractivity contribution < 1.29 is 19.1 Å². The number of aromatic nitrogens is 1. The van der Waals surface area contributed by atoms with Gasteiger partial charge >= 0.3 is 12.0 Å². The summed E-state index contributed by atoms with van der Waals surface area (Å²) in [4.78, 5) is 38.9. The summed E-state index contributed by atoms with van der Waals surface area (Å²) in [5.74, 6) is -1.30. The molecule has 0 aliphatic heterocycles. The van der Waals surface area contributed by atoms with Gasteiger partial charge in [-0.25, -0.2) is 9.59 Å². The average molecular weight is 343 g/mol. The zero-order valence-corrected chi connectivity index (χ0v) is 14.0. The molecule has 3 N–H and O–H groups in total. The Morgan fingerprint density at radius 2 is 1.92 bits per heavy atom. The van der Waals surface area contributed by atoms with Crippen molar-refractivity contribution in [1.29, 1.82) is 0 Å². The minimum absolute atomic E-state index is 0.108. The van der Waals surface area contributed by atoms with E-state index in [1.165, 1.54) is 6.92 Å². The van der Waals surface area contributed by atoms with E-state index < -0.39 is 24.0 Å². The van der Waals surface area contributed by atoms with Gasteiger partial charge in [-0.3, -0.25) is 10.1 Å². The summed E-state index contributed by atoms with van der Waals surface area (Å²) in [7, 11) is 0. The molecule has 0 spiro atoms. The van der Waals surface area contributed by atoms with E-state index in [4.69, 9.17) is 4.74 Å². The number of para-hydroxylation sites is 1. The second kappa shape index (κ2) is 7.38. The summed E-state index contributed by atoms with van der Waals surface area (Å²) in [6.07, 6.45) is 2.93. The molecule has 0 saturated heterocycles. The highest BCUT2D eigenvalue weighted by Gasteiger charge is 2.23. The molecule has 1 heterocycles. The van der Waals surface area contributed by atoms with Crippen molar-refractivity contribution in [3.63, 3.8) is 0 Å². The Bertz CT molecular complexity index is 759. The lowest BCUT2D eigenvalue weighted by Crippen LogP contribution is -2.47. The lowest BCUT2D eigenvalue weighted by atomic mass is 10.2. The van der Waals surface area contributed by atoms with Gasteiger partial charge in [0, 0.05) is 16.9 Å². The number of carbonyl (C=O) groups excluding carboxylic acids is 3. The van der Waals surface area contributed by atoms with Crippen LogP contribution in [0.4, 0.5) is 4.79 Å². The minimum Gasteiger partial charge on any atom is -0.448 e. The van der Waals surface area contributed by atoms with E-state index in [1.54, 1.807) is 6.07 Å². The maximum absolute atomic E-state index is 12.2. The van der Waals surface area contributed by atoms with E-state index in [0.29, 0.717) is 0 Å². The molecule has 1 aromatic carbocycles. The molecule has 0 radical (unpaired) electrons. The molecule has 2 aromatic rings. The lowest BCUT2D eigenvalue weighted by Gasteiger charge is -2.15. The number of hydrogen-bond donors (Lipinski definition) is 3. The van der Waals surface area contributed by atoms with Gasteiger partial charge in [0.2, 0.25) is 0 Å². The Kier molecular flexibility index (Phi) is 5.02. The van der Waals surface area contributed by atoms with Crippen LogP contribution in [0.25, 0.3) is 10.9 Å². The number of urea groups is 1. The first kappa shape index (κ1) is 17.0. The third-order valence-electron chi connectivity index (χ3n) is 4.33. The number of hydrogen-bond acceptors (Lipinski definition) is 4. The standard InChI is InChI=1S/C18H21N3O4/c1-11(16(22)21-18(24)19-13-7-3-4-8-13)25-17(23)15-10-12-6-2-5-9-14(12)20-15/h2,5-6,9-11,13,20H,3-4,7-8H2,1H3,(H2,19,21,22,24)/t11-/m0/s1. The summed E-state index contributed by atoms with van der Waals surface area (Å²) in [5.41, 5.74) is 1.07. The van der Waals surface area contributed by atoms with Gasteiger partial charge in [0.15, 0.2) is 6.10 Å². The van der Waals surface area contributed by atoms with Gasteiger partial charge in [-0.1, -0.05) is 31.0 Å². The van der Waals surface area contributed by atoms with Crippen LogP contribution in [0.5, 0.6) is 0 Å². The van der Waals surface area contributed by atoms with E-state index in [2.05, 4.69) is 15.6 Å². The fourth-order valence-corrected chi connectivity index (χ4v) is 2.97. The smallest absolute Gasteiger partial charge is 0.355 e. The van der Waals surface area contributed by atoms with Crippen molar-refractivity contribution in [3.8, 4) is 0 Å². The molecule has 1 aliphatic carbocycles. The molecule has 1 atom stereocenters. The number of imide groups is 1. The average Bonchev–Trinajstić information content (AvgIpc) is 3.23. The minimum atomic E-state index is -1.08. The molecule has 0 unspecified atom stereocenters. The van der Waals surface area contributed by atoms with Crippen molar-refractivity contribution in [3.05, 3.63) is 36.0 Å². The van der Waals surface area contributed by atoms with Gasteiger partial charge in [-0.05, 0) is 31.9 Å². The van der Waals surface area contributed by atoms with Crippen LogP contribution in [0.1, 0.15) is 43.1 Å². The third kappa shape index (κ3) is 4.17.